The van der Waals surface area contributed by atoms with E-state index in [4.69, 9.17) is 21.3 Å². The summed E-state index contributed by atoms with van der Waals surface area (Å²) in [5.74, 6) is -0.917. The number of Topliss-reactive ketones (excluding diaryl/α,β-unsaturated/α-hetero) is 1. The van der Waals surface area contributed by atoms with Crippen molar-refractivity contribution in [3.05, 3.63) is 136 Å². The van der Waals surface area contributed by atoms with Crippen LogP contribution in [0.2, 0.25) is 5.02 Å². The molecule has 0 bridgehead atoms. The average Bonchev–Trinajstić information content (AvgIpc) is 2.96. The maximum Gasteiger partial charge on any atom is 0.339 e. The van der Waals surface area contributed by atoms with E-state index in [2.05, 4.69) is 19.1 Å². The van der Waals surface area contributed by atoms with Crippen molar-refractivity contribution in [2.75, 3.05) is 0 Å². The number of rotatable bonds is 7. The number of pyridine rings is 1. The maximum atomic E-state index is 13.7. The zero-order valence-electron chi connectivity index (χ0n) is 20.2. The highest BCUT2D eigenvalue weighted by atomic mass is 35.5. The van der Waals surface area contributed by atoms with Crippen LogP contribution in [0.15, 0.2) is 109 Å². The molecule has 1 heterocycles. The van der Waals surface area contributed by atoms with Crippen molar-refractivity contribution < 1.29 is 14.3 Å². The van der Waals surface area contributed by atoms with Gasteiger partial charge in [-0.25, -0.2) is 9.78 Å². The average molecular weight is 506 g/mol. The molecule has 0 aliphatic carbocycles. The molecule has 4 aromatic carbocycles. The largest absolute Gasteiger partial charge is 0.445 e. The monoisotopic (exact) mass is 505 g/mol. The molecular weight excluding hydrogens is 482 g/mol. The first-order valence-corrected chi connectivity index (χ1v) is 12.5. The lowest BCUT2D eigenvalue weighted by Crippen LogP contribution is -2.20. The smallest absolute Gasteiger partial charge is 0.339 e. The molecule has 4 nitrogen and oxygen atoms in total. The van der Waals surface area contributed by atoms with Gasteiger partial charge in [-0.3, -0.25) is 4.79 Å². The van der Waals surface area contributed by atoms with Gasteiger partial charge >= 0.3 is 5.97 Å². The van der Waals surface area contributed by atoms with E-state index in [1.54, 1.807) is 54.6 Å². The molecule has 0 unspecified atom stereocenters. The summed E-state index contributed by atoms with van der Waals surface area (Å²) in [6.45, 7) is 2.10. The van der Waals surface area contributed by atoms with E-state index < -0.39 is 12.1 Å². The first-order valence-electron chi connectivity index (χ1n) is 12.1. The van der Waals surface area contributed by atoms with Gasteiger partial charge in [0.25, 0.3) is 0 Å². The van der Waals surface area contributed by atoms with Gasteiger partial charge in [-0.15, -0.1) is 0 Å². The normalized spacial score (nSPS) is 11.7. The van der Waals surface area contributed by atoms with E-state index in [-0.39, 0.29) is 5.78 Å². The van der Waals surface area contributed by atoms with Crippen LogP contribution in [0.4, 0.5) is 0 Å². The Morgan fingerprint density at radius 2 is 1.51 bits per heavy atom. The highest BCUT2D eigenvalue weighted by Gasteiger charge is 2.28. The Hall–Kier alpha value is -4.28. The quantitative estimate of drug-likeness (QED) is 0.166. The number of para-hydroxylation sites is 1. The number of ether oxygens (including phenoxy) is 1. The summed E-state index contributed by atoms with van der Waals surface area (Å²) in [5, 5.41) is 1.18. The minimum Gasteiger partial charge on any atom is -0.445 e. The SMILES string of the molecule is CCc1ccc(-c2cc(C(=O)O[C@H](C(=O)c3ccccc3)c3ccc(Cl)cc3)c3ccccc3n2)cc1. The van der Waals surface area contributed by atoms with Crippen molar-refractivity contribution in [2.24, 2.45) is 0 Å². The van der Waals surface area contributed by atoms with E-state index in [9.17, 15) is 9.59 Å². The molecule has 1 aromatic heterocycles. The molecule has 37 heavy (non-hydrogen) atoms. The number of benzene rings is 4. The summed E-state index contributed by atoms with van der Waals surface area (Å²) in [5.41, 5.74) is 4.78. The Bertz CT molecular complexity index is 1560. The number of ketones is 1. The van der Waals surface area contributed by atoms with Crippen LogP contribution in [0.1, 0.15) is 44.9 Å². The number of hydrogen-bond donors (Lipinski definition) is 0. The predicted molar refractivity (Wildman–Crippen MR) is 147 cm³/mol. The van der Waals surface area contributed by atoms with Gasteiger partial charge in [-0.05, 0) is 36.2 Å². The summed E-state index contributed by atoms with van der Waals surface area (Å²) in [6, 6.07) is 32.8. The fourth-order valence-corrected chi connectivity index (χ4v) is 4.36. The van der Waals surface area contributed by atoms with Crippen molar-refractivity contribution in [3.63, 3.8) is 0 Å². The lowest BCUT2D eigenvalue weighted by atomic mass is 9.99. The lowest BCUT2D eigenvalue weighted by Gasteiger charge is -2.19. The topological polar surface area (TPSA) is 56.3 Å². The van der Waals surface area contributed by atoms with E-state index in [0.717, 1.165) is 12.0 Å². The summed E-state index contributed by atoms with van der Waals surface area (Å²) in [6.07, 6.45) is -0.198. The minimum absolute atomic E-state index is 0.315. The summed E-state index contributed by atoms with van der Waals surface area (Å²) < 4.78 is 5.95. The zero-order valence-corrected chi connectivity index (χ0v) is 21.0. The second-order valence-corrected chi connectivity index (χ2v) is 9.13. The number of aryl methyl sites for hydroxylation is 1. The molecule has 5 heteroatoms. The number of carbonyl (C=O) groups excluding carboxylic acids is 2. The van der Waals surface area contributed by atoms with Gasteiger partial charge in [0.05, 0.1) is 16.8 Å². The number of fused-ring (bicyclic) bond motifs is 1. The van der Waals surface area contributed by atoms with Crippen LogP contribution in [0, 0.1) is 0 Å². The number of aromatic nitrogens is 1. The molecule has 1 atom stereocenters. The number of nitrogens with zero attached hydrogens (tertiary/aromatic N) is 1. The minimum atomic E-state index is -1.13. The Kier molecular flexibility index (Phi) is 7.11. The Morgan fingerprint density at radius 1 is 0.838 bits per heavy atom. The maximum absolute atomic E-state index is 13.7. The van der Waals surface area contributed by atoms with Crippen LogP contribution in [0.5, 0.6) is 0 Å². The molecule has 0 saturated carbocycles. The van der Waals surface area contributed by atoms with Crippen molar-refractivity contribution >= 4 is 34.3 Å². The van der Waals surface area contributed by atoms with Crippen molar-refractivity contribution in [2.45, 2.75) is 19.4 Å². The van der Waals surface area contributed by atoms with Crippen LogP contribution in [-0.2, 0) is 11.2 Å². The molecule has 0 radical (unpaired) electrons. The molecule has 5 rings (SSSR count). The Morgan fingerprint density at radius 3 is 2.22 bits per heavy atom. The van der Waals surface area contributed by atoms with Gasteiger partial charge in [-0.2, -0.15) is 0 Å². The van der Waals surface area contributed by atoms with Crippen LogP contribution in [0.25, 0.3) is 22.2 Å². The molecule has 0 spiro atoms. The molecular formula is C32H24ClNO3. The van der Waals surface area contributed by atoms with Gasteiger partial charge in [-0.1, -0.05) is 103 Å². The number of esters is 1. The molecule has 0 fully saturated rings. The zero-order chi connectivity index (χ0) is 25.8. The standard InChI is InChI=1S/C32H24ClNO3/c1-2-21-12-14-22(15-13-21)29-20-27(26-10-6-7-11-28(26)34-29)32(36)37-31(24-16-18-25(33)19-17-24)30(35)23-8-4-3-5-9-23/h3-20,31H,2H2,1H3/t31-/m0/s1. The van der Waals surface area contributed by atoms with Crippen LogP contribution >= 0.6 is 11.6 Å². The van der Waals surface area contributed by atoms with Gasteiger partial charge < -0.3 is 4.74 Å². The summed E-state index contributed by atoms with van der Waals surface area (Å²) >= 11 is 6.07. The first kappa shape index (κ1) is 24.4. The third-order valence-corrected chi connectivity index (χ3v) is 6.54. The van der Waals surface area contributed by atoms with Crippen molar-refractivity contribution in [1.29, 1.82) is 0 Å². The highest BCUT2D eigenvalue weighted by Crippen LogP contribution is 2.30. The molecule has 5 aromatic rings. The fourth-order valence-electron chi connectivity index (χ4n) is 4.24. The van der Waals surface area contributed by atoms with Gasteiger partial charge in [0.2, 0.25) is 5.78 Å². The Balaban J connectivity index is 1.56. The van der Waals surface area contributed by atoms with Crippen LogP contribution in [-0.4, -0.2) is 16.7 Å². The van der Waals surface area contributed by atoms with Gasteiger partial charge in [0, 0.05) is 27.1 Å². The molecule has 182 valence electrons. The molecule has 0 aliphatic rings. The van der Waals surface area contributed by atoms with Gasteiger partial charge in [0.1, 0.15) is 0 Å². The first-order chi connectivity index (χ1) is 18.0. The Labute approximate surface area is 220 Å². The van der Waals surface area contributed by atoms with E-state index >= 15 is 0 Å². The van der Waals surface area contributed by atoms with Crippen LogP contribution < -0.4 is 0 Å². The van der Waals surface area contributed by atoms with Crippen molar-refractivity contribution in [1.82, 2.24) is 4.98 Å². The summed E-state index contributed by atoms with van der Waals surface area (Å²) in [7, 11) is 0. The lowest BCUT2D eigenvalue weighted by molar-refractivity contribution is 0.0282. The number of carbonyl (C=O) groups is 2. The second kappa shape index (κ2) is 10.8. The van der Waals surface area contributed by atoms with Crippen molar-refractivity contribution in [3.8, 4) is 11.3 Å². The molecule has 0 saturated heterocycles. The third kappa shape index (κ3) is 5.30. The fraction of sp³-hybridized carbons (Fsp3) is 0.0938. The predicted octanol–water partition coefficient (Wildman–Crippen LogP) is 7.90. The van der Waals surface area contributed by atoms with Gasteiger partial charge in [0.15, 0.2) is 6.10 Å². The van der Waals surface area contributed by atoms with E-state index in [1.165, 1.54) is 5.56 Å². The number of hydrogen-bond acceptors (Lipinski definition) is 4. The number of halogens is 1. The highest BCUT2D eigenvalue weighted by molar-refractivity contribution is 6.30. The molecule has 0 amide bonds. The van der Waals surface area contributed by atoms with E-state index in [0.29, 0.717) is 38.3 Å². The summed E-state index contributed by atoms with van der Waals surface area (Å²) in [4.78, 5) is 32.0. The molecule has 0 N–H and O–H groups in total. The van der Waals surface area contributed by atoms with Crippen LogP contribution in [0.3, 0.4) is 0 Å². The third-order valence-electron chi connectivity index (χ3n) is 6.29. The van der Waals surface area contributed by atoms with E-state index in [1.807, 2.05) is 42.5 Å². The second-order valence-electron chi connectivity index (χ2n) is 8.69. The molecule has 0 aliphatic heterocycles.